The van der Waals surface area contributed by atoms with Crippen LogP contribution in [0.1, 0.15) is 46.9 Å². The Labute approximate surface area is 165 Å². The number of rotatable bonds is 3. The molecule has 1 aliphatic carbocycles. The van der Waals surface area contributed by atoms with Crippen molar-refractivity contribution in [3.05, 3.63) is 69.9 Å². The number of nitrogens with zero attached hydrogens (tertiary/aromatic N) is 2. The summed E-state index contributed by atoms with van der Waals surface area (Å²) in [5.74, 6) is -0.00987. The summed E-state index contributed by atoms with van der Waals surface area (Å²) in [5, 5.41) is 1.74. The van der Waals surface area contributed by atoms with Gasteiger partial charge in [-0.3, -0.25) is 9.78 Å². The zero-order valence-electron chi connectivity index (χ0n) is 15.8. The molecule has 0 radical (unpaired) electrons. The number of benzene rings is 2. The number of hydrogen-bond donors (Lipinski definition) is 0. The first-order chi connectivity index (χ1) is 13.1. The summed E-state index contributed by atoms with van der Waals surface area (Å²) in [6.45, 7) is 4.64. The minimum absolute atomic E-state index is 0.00987. The lowest BCUT2D eigenvalue weighted by Crippen LogP contribution is -2.31. The van der Waals surface area contributed by atoms with Crippen LogP contribution in [0.5, 0.6) is 0 Å². The maximum atomic E-state index is 13.2. The second kappa shape index (κ2) is 7.32. The van der Waals surface area contributed by atoms with Gasteiger partial charge in [0.05, 0.1) is 10.5 Å². The van der Waals surface area contributed by atoms with Crippen molar-refractivity contribution in [3.63, 3.8) is 0 Å². The lowest BCUT2D eigenvalue weighted by atomic mass is 9.94. The largest absolute Gasteiger partial charge is 0.308 e. The molecule has 138 valence electrons. The van der Waals surface area contributed by atoms with Gasteiger partial charge in [0.2, 0.25) is 0 Å². The highest BCUT2D eigenvalue weighted by Crippen LogP contribution is 2.33. The molecule has 0 spiro atoms. The van der Waals surface area contributed by atoms with Crippen LogP contribution >= 0.6 is 11.6 Å². The van der Waals surface area contributed by atoms with Crippen molar-refractivity contribution in [2.75, 3.05) is 11.4 Å². The molecule has 1 aromatic heterocycles. The summed E-state index contributed by atoms with van der Waals surface area (Å²) in [4.78, 5) is 19.9. The van der Waals surface area contributed by atoms with Gasteiger partial charge in [-0.15, -0.1) is 0 Å². The van der Waals surface area contributed by atoms with Crippen LogP contribution in [-0.4, -0.2) is 17.4 Å². The SMILES string of the molecule is CCN(C(=O)c1ccc2c(Cl)c3c(nc2c1)CCCC3)c1ccccc1C. The molecule has 3 aromatic rings. The first kappa shape index (κ1) is 18.0. The molecule has 1 heterocycles. The highest BCUT2D eigenvalue weighted by atomic mass is 35.5. The molecular weight excluding hydrogens is 356 g/mol. The van der Waals surface area contributed by atoms with Gasteiger partial charge in [0, 0.05) is 28.9 Å². The van der Waals surface area contributed by atoms with E-state index in [1.807, 2.05) is 61.2 Å². The minimum Gasteiger partial charge on any atom is -0.308 e. The van der Waals surface area contributed by atoms with Crippen LogP contribution in [0.2, 0.25) is 5.02 Å². The summed E-state index contributed by atoms with van der Waals surface area (Å²) in [6, 6.07) is 13.7. The number of fused-ring (bicyclic) bond motifs is 2. The number of aromatic nitrogens is 1. The Kier molecular flexibility index (Phi) is 4.88. The zero-order valence-corrected chi connectivity index (χ0v) is 16.5. The molecule has 0 fully saturated rings. The predicted molar refractivity (Wildman–Crippen MR) is 112 cm³/mol. The van der Waals surface area contributed by atoms with Crippen LogP contribution < -0.4 is 4.90 Å². The molecule has 0 saturated heterocycles. The number of amides is 1. The van der Waals surface area contributed by atoms with Gasteiger partial charge in [0.15, 0.2) is 0 Å². The molecule has 0 N–H and O–H groups in total. The highest BCUT2D eigenvalue weighted by Gasteiger charge is 2.21. The van der Waals surface area contributed by atoms with E-state index in [-0.39, 0.29) is 5.91 Å². The standard InChI is InChI=1S/C23H23ClN2O/c1-3-26(21-11-7-4-8-15(21)2)23(27)16-12-13-18-20(14-16)25-19-10-6-5-9-17(19)22(18)24/h4,7-8,11-14H,3,5-6,9-10H2,1-2H3. The zero-order chi connectivity index (χ0) is 19.0. The quantitative estimate of drug-likeness (QED) is 0.582. The average molecular weight is 379 g/mol. The normalized spacial score (nSPS) is 13.4. The molecule has 3 nitrogen and oxygen atoms in total. The van der Waals surface area contributed by atoms with E-state index in [4.69, 9.17) is 16.6 Å². The van der Waals surface area contributed by atoms with Crippen molar-refractivity contribution in [3.8, 4) is 0 Å². The van der Waals surface area contributed by atoms with E-state index in [1.54, 1.807) is 0 Å². The maximum absolute atomic E-state index is 13.2. The molecule has 1 amide bonds. The van der Waals surface area contributed by atoms with Crippen molar-refractivity contribution in [1.29, 1.82) is 0 Å². The van der Waals surface area contributed by atoms with Gasteiger partial charge >= 0.3 is 0 Å². The Bertz CT molecular complexity index is 1030. The number of anilines is 1. The Balaban J connectivity index is 1.77. The van der Waals surface area contributed by atoms with Crippen LogP contribution in [-0.2, 0) is 12.8 Å². The minimum atomic E-state index is -0.00987. The third-order valence-corrected chi connectivity index (χ3v) is 5.84. The molecule has 1 aliphatic rings. The van der Waals surface area contributed by atoms with Gasteiger partial charge in [0.1, 0.15) is 0 Å². The first-order valence-electron chi connectivity index (χ1n) is 9.58. The van der Waals surface area contributed by atoms with E-state index in [9.17, 15) is 4.79 Å². The Morgan fingerprint density at radius 3 is 2.70 bits per heavy atom. The lowest BCUT2D eigenvalue weighted by molar-refractivity contribution is 0.0988. The Morgan fingerprint density at radius 1 is 1.15 bits per heavy atom. The maximum Gasteiger partial charge on any atom is 0.258 e. The third kappa shape index (κ3) is 3.21. The molecule has 27 heavy (non-hydrogen) atoms. The number of carbonyl (C=O) groups excluding carboxylic acids is 1. The monoisotopic (exact) mass is 378 g/mol. The summed E-state index contributed by atoms with van der Waals surface area (Å²) >= 11 is 6.66. The molecule has 0 atom stereocenters. The summed E-state index contributed by atoms with van der Waals surface area (Å²) in [5.41, 5.74) is 5.77. The van der Waals surface area contributed by atoms with Crippen molar-refractivity contribution in [1.82, 2.24) is 4.98 Å². The van der Waals surface area contributed by atoms with Gasteiger partial charge in [-0.1, -0.05) is 35.9 Å². The second-order valence-electron chi connectivity index (χ2n) is 7.13. The fraction of sp³-hybridized carbons (Fsp3) is 0.304. The van der Waals surface area contributed by atoms with E-state index < -0.39 is 0 Å². The van der Waals surface area contributed by atoms with E-state index in [1.165, 1.54) is 12.0 Å². The molecule has 0 saturated carbocycles. The van der Waals surface area contributed by atoms with Crippen LogP contribution in [0.25, 0.3) is 10.9 Å². The molecule has 4 heteroatoms. The number of para-hydroxylation sites is 1. The Hall–Kier alpha value is -2.39. The van der Waals surface area contributed by atoms with E-state index >= 15 is 0 Å². The van der Waals surface area contributed by atoms with Gasteiger partial charge in [-0.2, -0.15) is 0 Å². The number of pyridine rings is 1. The first-order valence-corrected chi connectivity index (χ1v) is 9.96. The van der Waals surface area contributed by atoms with Crippen LogP contribution in [0.4, 0.5) is 5.69 Å². The van der Waals surface area contributed by atoms with E-state index in [0.29, 0.717) is 12.1 Å². The lowest BCUT2D eigenvalue weighted by Gasteiger charge is -2.23. The van der Waals surface area contributed by atoms with Crippen molar-refractivity contribution in [2.45, 2.75) is 39.5 Å². The average Bonchev–Trinajstić information content (AvgIpc) is 2.69. The number of hydrogen-bond acceptors (Lipinski definition) is 2. The van der Waals surface area contributed by atoms with Gasteiger partial charge < -0.3 is 4.90 Å². The highest BCUT2D eigenvalue weighted by molar-refractivity contribution is 6.36. The second-order valence-corrected chi connectivity index (χ2v) is 7.50. The van der Waals surface area contributed by atoms with Crippen molar-refractivity contribution in [2.24, 2.45) is 0 Å². The van der Waals surface area contributed by atoms with Gasteiger partial charge in [-0.05, 0) is 68.9 Å². The van der Waals surface area contributed by atoms with E-state index in [2.05, 4.69) is 0 Å². The fourth-order valence-corrected chi connectivity index (χ4v) is 4.31. The van der Waals surface area contributed by atoms with Crippen molar-refractivity contribution < 1.29 is 4.79 Å². The molecular formula is C23H23ClN2O. The van der Waals surface area contributed by atoms with Crippen LogP contribution in [0.3, 0.4) is 0 Å². The summed E-state index contributed by atoms with van der Waals surface area (Å²) in [7, 11) is 0. The summed E-state index contributed by atoms with van der Waals surface area (Å²) in [6.07, 6.45) is 4.28. The molecule has 0 aliphatic heterocycles. The Morgan fingerprint density at radius 2 is 1.93 bits per heavy atom. The topological polar surface area (TPSA) is 33.2 Å². The number of carbonyl (C=O) groups is 1. The van der Waals surface area contributed by atoms with Gasteiger partial charge in [-0.25, -0.2) is 0 Å². The smallest absolute Gasteiger partial charge is 0.258 e. The number of halogens is 1. The van der Waals surface area contributed by atoms with Gasteiger partial charge in [0.25, 0.3) is 5.91 Å². The third-order valence-electron chi connectivity index (χ3n) is 5.41. The van der Waals surface area contributed by atoms with Crippen LogP contribution in [0, 0.1) is 6.92 Å². The molecule has 2 aromatic carbocycles. The fourth-order valence-electron chi connectivity index (χ4n) is 3.95. The number of aryl methyl sites for hydroxylation is 2. The molecule has 4 rings (SSSR count). The van der Waals surface area contributed by atoms with Crippen molar-refractivity contribution >= 4 is 34.1 Å². The van der Waals surface area contributed by atoms with E-state index in [0.717, 1.165) is 52.1 Å². The molecule has 0 unspecified atom stereocenters. The van der Waals surface area contributed by atoms with Crippen LogP contribution in [0.15, 0.2) is 42.5 Å². The predicted octanol–water partition coefficient (Wildman–Crippen LogP) is 5.74. The summed E-state index contributed by atoms with van der Waals surface area (Å²) < 4.78 is 0. The molecule has 0 bridgehead atoms.